The van der Waals surface area contributed by atoms with Gasteiger partial charge in [-0.3, -0.25) is 9.59 Å². The van der Waals surface area contributed by atoms with E-state index < -0.39 is 0 Å². The maximum Gasteiger partial charge on any atom is 0.253 e. The van der Waals surface area contributed by atoms with Gasteiger partial charge in [0, 0.05) is 50.9 Å². The molecule has 0 aliphatic carbocycles. The van der Waals surface area contributed by atoms with Gasteiger partial charge < -0.3 is 14.5 Å². The first kappa shape index (κ1) is 22.5. The lowest BCUT2D eigenvalue weighted by atomic mass is 9.84. The Labute approximate surface area is 191 Å². The second-order valence-corrected chi connectivity index (χ2v) is 9.09. The van der Waals surface area contributed by atoms with Gasteiger partial charge in [-0.15, -0.1) is 0 Å². The fraction of sp³-hybridized carbons (Fsp3) is 0.481. The maximum absolute atomic E-state index is 13.3. The summed E-state index contributed by atoms with van der Waals surface area (Å²) in [5.74, 6) is 0.794. The van der Waals surface area contributed by atoms with Crippen LogP contribution in [0.3, 0.4) is 0 Å². The summed E-state index contributed by atoms with van der Waals surface area (Å²) in [6.45, 7) is 2.83. The molecule has 2 saturated heterocycles. The van der Waals surface area contributed by atoms with Crippen LogP contribution in [0, 0.1) is 11.8 Å². The van der Waals surface area contributed by atoms with Gasteiger partial charge >= 0.3 is 0 Å². The van der Waals surface area contributed by atoms with Crippen molar-refractivity contribution in [2.75, 3.05) is 33.4 Å². The third-order valence-corrected chi connectivity index (χ3v) is 7.10. The molecule has 2 amide bonds. The Morgan fingerprint density at radius 2 is 1.53 bits per heavy atom. The van der Waals surface area contributed by atoms with Crippen LogP contribution in [0.4, 0.5) is 0 Å². The van der Waals surface area contributed by atoms with Gasteiger partial charge in [-0.1, -0.05) is 48.5 Å². The van der Waals surface area contributed by atoms with Crippen molar-refractivity contribution in [3.05, 3.63) is 71.8 Å². The number of carbonyl (C=O) groups excluding carboxylic acids is 2. The number of hydrogen-bond donors (Lipinski definition) is 0. The van der Waals surface area contributed by atoms with Gasteiger partial charge in [-0.25, -0.2) is 0 Å². The van der Waals surface area contributed by atoms with Gasteiger partial charge in [-0.05, 0) is 55.7 Å². The fourth-order valence-corrected chi connectivity index (χ4v) is 5.12. The number of carbonyl (C=O) groups is 2. The van der Waals surface area contributed by atoms with Gasteiger partial charge in [0.2, 0.25) is 5.91 Å². The number of benzene rings is 2. The zero-order chi connectivity index (χ0) is 22.3. The van der Waals surface area contributed by atoms with Crippen molar-refractivity contribution < 1.29 is 14.3 Å². The normalized spacial score (nSPS) is 18.8. The van der Waals surface area contributed by atoms with E-state index in [1.807, 2.05) is 53.2 Å². The Bertz CT molecular complexity index is 872. The summed E-state index contributed by atoms with van der Waals surface area (Å²) >= 11 is 0. The lowest BCUT2D eigenvalue weighted by Crippen LogP contribution is -2.50. The van der Waals surface area contributed by atoms with Crippen molar-refractivity contribution >= 4 is 11.8 Å². The van der Waals surface area contributed by atoms with Crippen molar-refractivity contribution in [1.29, 1.82) is 0 Å². The molecule has 1 atom stereocenters. The van der Waals surface area contributed by atoms with Crippen LogP contribution in [0.15, 0.2) is 60.7 Å². The lowest BCUT2D eigenvalue weighted by Gasteiger charge is -2.41. The minimum absolute atomic E-state index is 0.0618. The van der Waals surface area contributed by atoms with Crippen LogP contribution in [0.2, 0.25) is 0 Å². The van der Waals surface area contributed by atoms with Gasteiger partial charge in [0.25, 0.3) is 5.91 Å². The molecule has 2 fully saturated rings. The molecular formula is C27H34N2O3. The predicted molar refractivity (Wildman–Crippen MR) is 125 cm³/mol. The molecule has 0 bridgehead atoms. The van der Waals surface area contributed by atoms with Gasteiger partial charge in [0.15, 0.2) is 0 Å². The van der Waals surface area contributed by atoms with E-state index in [1.54, 1.807) is 0 Å². The van der Waals surface area contributed by atoms with Crippen molar-refractivity contribution in [2.24, 2.45) is 11.8 Å². The molecule has 170 valence electrons. The lowest BCUT2D eigenvalue weighted by molar-refractivity contribution is -0.140. The summed E-state index contributed by atoms with van der Waals surface area (Å²) < 4.78 is 5.46. The number of likely N-dealkylation sites (N-methyl/N-ethyl adjacent to an activating group) is 1. The SMILES string of the molecule is CN(C(=O)C1CCOCC1)C(Cc1ccccc1)C1CCN(C(=O)c2ccccc2)CC1. The smallest absolute Gasteiger partial charge is 0.253 e. The Kier molecular flexibility index (Phi) is 7.59. The molecular weight excluding hydrogens is 400 g/mol. The van der Waals surface area contributed by atoms with Crippen LogP contribution in [0.1, 0.15) is 41.6 Å². The molecule has 2 aliphatic rings. The van der Waals surface area contributed by atoms with Crippen molar-refractivity contribution in [2.45, 2.75) is 38.1 Å². The van der Waals surface area contributed by atoms with Crippen molar-refractivity contribution in [3.8, 4) is 0 Å². The molecule has 2 aliphatic heterocycles. The summed E-state index contributed by atoms with van der Waals surface area (Å²) in [6.07, 6.45) is 4.31. The molecule has 4 rings (SSSR count). The number of rotatable bonds is 6. The highest BCUT2D eigenvalue weighted by atomic mass is 16.5. The highest BCUT2D eigenvalue weighted by molar-refractivity contribution is 5.94. The largest absolute Gasteiger partial charge is 0.381 e. The third kappa shape index (κ3) is 5.39. The highest BCUT2D eigenvalue weighted by Gasteiger charge is 2.35. The van der Waals surface area contributed by atoms with E-state index in [2.05, 4.69) is 24.3 Å². The van der Waals surface area contributed by atoms with E-state index in [4.69, 9.17) is 4.74 Å². The van der Waals surface area contributed by atoms with Crippen molar-refractivity contribution in [1.82, 2.24) is 9.80 Å². The fourth-order valence-electron chi connectivity index (χ4n) is 5.12. The molecule has 0 spiro atoms. The van der Waals surface area contributed by atoms with Crippen LogP contribution in [-0.4, -0.2) is 61.0 Å². The second-order valence-electron chi connectivity index (χ2n) is 9.09. The molecule has 0 aromatic heterocycles. The zero-order valence-electron chi connectivity index (χ0n) is 19.0. The molecule has 2 aromatic carbocycles. The van der Waals surface area contributed by atoms with E-state index in [-0.39, 0.29) is 23.8 Å². The van der Waals surface area contributed by atoms with Crippen molar-refractivity contribution in [3.63, 3.8) is 0 Å². The van der Waals surface area contributed by atoms with Gasteiger partial charge in [0.1, 0.15) is 0 Å². The maximum atomic E-state index is 13.3. The van der Waals surface area contributed by atoms with E-state index >= 15 is 0 Å². The minimum Gasteiger partial charge on any atom is -0.381 e. The van der Waals surface area contributed by atoms with E-state index in [1.165, 1.54) is 5.56 Å². The monoisotopic (exact) mass is 434 g/mol. The summed E-state index contributed by atoms with van der Waals surface area (Å²) in [4.78, 5) is 30.2. The molecule has 5 nitrogen and oxygen atoms in total. The van der Waals surface area contributed by atoms with Gasteiger partial charge in [-0.2, -0.15) is 0 Å². The number of amides is 2. The van der Waals surface area contributed by atoms with E-state index in [0.717, 1.165) is 50.8 Å². The quantitative estimate of drug-likeness (QED) is 0.690. The first-order valence-electron chi connectivity index (χ1n) is 11.9. The molecule has 0 radical (unpaired) electrons. The predicted octanol–water partition coefficient (Wildman–Crippen LogP) is 4.04. The van der Waals surface area contributed by atoms with Gasteiger partial charge in [0.05, 0.1) is 0 Å². The number of likely N-dealkylation sites (tertiary alicyclic amines) is 1. The highest BCUT2D eigenvalue weighted by Crippen LogP contribution is 2.29. The van der Waals surface area contributed by atoms with Crippen LogP contribution in [0.5, 0.6) is 0 Å². The molecule has 5 heteroatoms. The molecule has 2 aromatic rings. The first-order chi connectivity index (χ1) is 15.6. The topological polar surface area (TPSA) is 49.9 Å². The average molecular weight is 435 g/mol. The van der Waals surface area contributed by atoms with Crippen LogP contribution in [-0.2, 0) is 16.0 Å². The number of piperidine rings is 1. The Hall–Kier alpha value is -2.66. The van der Waals surface area contributed by atoms with Crippen LogP contribution in [0.25, 0.3) is 0 Å². The third-order valence-electron chi connectivity index (χ3n) is 7.10. The molecule has 0 saturated carbocycles. The number of ether oxygens (including phenoxy) is 1. The standard InChI is InChI=1S/C27H34N2O3/c1-28(26(30)24-14-18-32-19-15-24)25(20-21-8-4-2-5-9-21)22-12-16-29(17-13-22)27(31)23-10-6-3-7-11-23/h2-11,22,24-25H,12-20H2,1H3. The number of hydrogen-bond acceptors (Lipinski definition) is 3. The summed E-state index contributed by atoms with van der Waals surface area (Å²) in [6, 6.07) is 20.1. The molecule has 0 N–H and O–H groups in total. The first-order valence-corrected chi connectivity index (χ1v) is 11.9. The summed E-state index contributed by atoms with van der Waals surface area (Å²) in [5.41, 5.74) is 2.01. The Morgan fingerprint density at radius 1 is 0.938 bits per heavy atom. The molecule has 1 unspecified atom stereocenters. The number of nitrogens with zero attached hydrogens (tertiary/aromatic N) is 2. The summed E-state index contributed by atoms with van der Waals surface area (Å²) in [5, 5.41) is 0. The second kappa shape index (κ2) is 10.8. The molecule has 32 heavy (non-hydrogen) atoms. The van der Waals surface area contributed by atoms with E-state index in [0.29, 0.717) is 19.1 Å². The Balaban J connectivity index is 1.45. The Morgan fingerprint density at radius 3 is 2.16 bits per heavy atom. The molecule has 2 heterocycles. The zero-order valence-corrected chi connectivity index (χ0v) is 19.0. The minimum atomic E-state index is 0.0618. The van der Waals surface area contributed by atoms with Crippen LogP contribution >= 0.6 is 0 Å². The van der Waals surface area contributed by atoms with Crippen LogP contribution < -0.4 is 0 Å². The average Bonchev–Trinajstić information content (AvgIpc) is 2.88. The summed E-state index contributed by atoms with van der Waals surface area (Å²) in [7, 11) is 1.98. The van der Waals surface area contributed by atoms with E-state index in [9.17, 15) is 9.59 Å².